The molecule has 3 heteroatoms. The molecule has 0 aliphatic rings. The highest BCUT2D eigenvalue weighted by Crippen LogP contribution is 2.19. The maximum atomic E-state index is 8.79. The quantitative estimate of drug-likeness (QED) is 0.855. The average molecular weight is 299 g/mol. The number of thiophene rings is 1. The Balaban J connectivity index is 2.01. The molecule has 2 rings (SSSR count). The van der Waals surface area contributed by atoms with Crippen LogP contribution in [0.25, 0.3) is 0 Å². The van der Waals surface area contributed by atoms with Gasteiger partial charge in [-0.3, -0.25) is 4.90 Å². The van der Waals surface area contributed by atoms with Gasteiger partial charge < -0.3 is 5.11 Å². The minimum Gasteiger partial charge on any atom is -0.395 e. The van der Waals surface area contributed by atoms with E-state index in [2.05, 4.69) is 66.4 Å². The number of hydrogen-bond donors (Lipinski definition) is 1. The van der Waals surface area contributed by atoms with E-state index in [4.69, 9.17) is 5.11 Å². The van der Waals surface area contributed by atoms with Gasteiger partial charge in [-0.25, -0.2) is 0 Å². The Labute approximate surface area is 131 Å². The maximum absolute atomic E-state index is 8.79. The molecule has 0 aliphatic heterocycles. The number of aliphatic hydroxyl groups is 1. The third-order valence-electron chi connectivity index (χ3n) is 3.32. The van der Waals surface area contributed by atoms with E-state index < -0.39 is 0 Å². The summed E-state index contributed by atoms with van der Waals surface area (Å²) in [6, 6.07) is 10.6. The third-order valence-corrected chi connectivity index (χ3v) is 4.23. The van der Waals surface area contributed by atoms with E-state index in [1.165, 1.54) is 16.0 Å². The van der Waals surface area contributed by atoms with Crippen LogP contribution in [0.4, 0.5) is 0 Å². The van der Waals surface area contributed by atoms with Crippen molar-refractivity contribution in [2.75, 3.05) is 13.7 Å². The van der Waals surface area contributed by atoms with E-state index in [9.17, 15) is 0 Å². The molecule has 0 bridgehead atoms. The summed E-state index contributed by atoms with van der Waals surface area (Å²) < 4.78 is 0. The second-order valence-corrected chi connectivity index (χ2v) is 6.13. The van der Waals surface area contributed by atoms with Gasteiger partial charge >= 0.3 is 0 Å². The van der Waals surface area contributed by atoms with Gasteiger partial charge in [0.2, 0.25) is 0 Å². The molecule has 1 aromatic heterocycles. The van der Waals surface area contributed by atoms with Crippen LogP contribution in [0.5, 0.6) is 0 Å². The van der Waals surface area contributed by atoms with Crippen LogP contribution in [0.3, 0.4) is 0 Å². The van der Waals surface area contributed by atoms with Crippen molar-refractivity contribution in [2.24, 2.45) is 0 Å². The van der Waals surface area contributed by atoms with Crippen LogP contribution in [0.15, 0.2) is 35.7 Å². The van der Waals surface area contributed by atoms with Gasteiger partial charge in [-0.15, -0.1) is 11.3 Å². The number of hydrogen-bond acceptors (Lipinski definition) is 3. The smallest absolute Gasteiger partial charge is 0.0540 e. The van der Waals surface area contributed by atoms with Crippen LogP contribution in [0.1, 0.15) is 28.0 Å². The molecule has 0 radical (unpaired) electrons. The first-order chi connectivity index (χ1) is 10.2. The molecular weight excluding hydrogens is 278 g/mol. The molecular formula is C18H21NOS. The summed E-state index contributed by atoms with van der Waals surface area (Å²) >= 11 is 1.74. The normalized spacial score (nSPS) is 10.5. The summed E-state index contributed by atoms with van der Waals surface area (Å²) in [5.74, 6) is 6.15. The fourth-order valence-electron chi connectivity index (χ4n) is 2.17. The van der Waals surface area contributed by atoms with Crippen molar-refractivity contribution in [3.63, 3.8) is 0 Å². The summed E-state index contributed by atoms with van der Waals surface area (Å²) in [5.41, 5.74) is 3.79. The van der Waals surface area contributed by atoms with E-state index in [1.807, 2.05) is 0 Å². The molecule has 0 saturated heterocycles. The molecule has 0 amide bonds. The Kier molecular flexibility index (Phi) is 6.01. The Morgan fingerprint density at radius 3 is 2.76 bits per heavy atom. The van der Waals surface area contributed by atoms with Crippen molar-refractivity contribution in [1.29, 1.82) is 0 Å². The van der Waals surface area contributed by atoms with E-state index in [-0.39, 0.29) is 6.61 Å². The summed E-state index contributed by atoms with van der Waals surface area (Å²) in [7, 11) is 2.14. The van der Waals surface area contributed by atoms with Crippen LogP contribution >= 0.6 is 11.3 Å². The second kappa shape index (κ2) is 7.99. The fourth-order valence-corrected chi connectivity index (χ4v) is 3.08. The lowest BCUT2D eigenvalue weighted by molar-refractivity contribution is 0.305. The van der Waals surface area contributed by atoms with Crippen molar-refractivity contribution in [2.45, 2.75) is 26.4 Å². The number of nitrogens with zero attached hydrogens (tertiary/aromatic N) is 1. The van der Waals surface area contributed by atoms with Gasteiger partial charge in [0.25, 0.3) is 0 Å². The highest BCUT2D eigenvalue weighted by Gasteiger charge is 2.07. The van der Waals surface area contributed by atoms with Gasteiger partial charge in [0.1, 0.15) is 0 Å². The van der Waals surface area contributed by atoms with Gasteiger partial charge in [0, 0.05) is 30.0 Å². The van der Waals surface area contributed by atoms with E-state index in [0.717, 1.165) is 18.7 Å². The van der Waals surface area contributed by atoms with E-state index in [0.29, 0.717) is 6.42 Å². The highest BCUT2D eigenvalue weighted by atomic mass is 32.1. The zero-order valence-electron chi connectivity index (χ0n) is 12.6. The summed E-state index contributed by atoms with van der Waals surface area (Å²) in [5, 5.41) is 10.9. The first kappa shape index (κ1) is 15.8. The van der Waals surface area contributed by atoms with Crippen LogP contribution in [-0.4, -0.2) is 23.7 Å². The largest absolute Gasteiger partial charge is 0.395 e. The van der Waals surface area contributed by atoms with Gasteiger partial charge in [-0.2, -0.15) is 0 Å². The standard InChI is InChI=1S/C18H21NOS/c1-15-7-3-4-9-17(15)13-19(2)14-18-16(10-12-21-18)8-5-6-11-20/h3-4,7,9-10,12,20H,6,11,13-14H2,1-2H3. The Morgan fingerprint density at radius 2 is 2.00 bits per heavy atom. The minimum atomic E-state index is 0.125. The molecule has 0 spiro atoms. The second-order valence-electron chi connectivity index (χ2n) is 5.13. The van der Waals surface area contributed by atoms with Gasteiger partial charge in [-0.1, -0.05) is 36.1 Å². The average Bonchev–Trinajstić information content (AvgIpc) is 2.89. The molecule has 0 atom stereocenters. The molecule has 1 N–H and O–H groups in total. The van der Waals surface area contributed by atoms with Gasteiger partial charge in [0.15, 0.2) is 0 Å². The number of rotatable bonds is 5. The molecule has 2 aromatic rings. The molecule has 0 unspecified atom stereocenters. The fraction of sp³-hybridized carbons (Fsp3) is 0.333. The molecule has 0 fully saturated rings. The first-order valence-corrected chi connectivity index (χ1v) is 7.98. The lowest BCUT2D eigenvalue weighted by Gasteiger charge is -2.17. The molecule has 0 saturated carbocycles. The molecule has 1 heterocycles. The van der Waals surface area contributed by atoms with Crippen molar-refractivity contribution < 1.29 is 5.11 Å². The zero-order valence-corrected chi connectivity index (χ0v) is 13.4. The number of benzene rings is 1. The van der Waals surface area contributed by atoms with Crippen molar-refractivity contribution in [3.8, 4) is 11.8 Å². The summed E-state index contributed by atoms with van der Waals surface area (Å²) in [4.78, 5) is 3.60. The predicted octanol–water partition coefficient (Wildman–Crippen LogP) is 3.42. The minimum absolute atomic E-state index is 0.125. The van der Waals surface area contributed by atoms with Crippen molar-refractivity contribution in [1.82, 2.24) is 4.90 Å². The molecule has 1 aromatic carbocycles. The van der Waals surface area contributed by atoms with Crippen molar-refractivity contribution in [3.05, 3.63) is 57.3 Å². The van der Waals surface area contributed by atoms with E-state index >= 15 is 0 Å². The monoisotopic (exact) mass is 299 g/mol. The van der Waals surface area contributed by atoms with E-state index in [1.54, 1.807) is 11.3 Å². The lowest BCUT2D eigenvalue weighted by Crippen LogP contribution is -2.17. The van der Waals surface area contributed by atoms with Crippen LogP contribution < -0.4 is 0 Å². The van der Waals surface area contributed by atoms with Crippen LogP contribution in [-0.2, 0) is 13.1 Å². The number of aryl methyl sites for hydroxylation is 1. The first-order valence-electron chi connectivity index (χ1n) is 7.10. The van der Waals surface area contributed by atoms with Gasteiger partial charge in [0.05, 0.1) is 6.61 Å². The zero-order chi connectivity index (χ0) is 15.1. The molecule has 110 valence electrons. The highest BCUT2D eigenvalue weighted by molar-refractivity contribution is 7.10. The summed E-state index contributed by atoms with van der Waals surface area (Å²) in [6.07, 6.45) is 0.536. The third kappa shape index (κ3) is 4.71. The van der Waals surface area contributed by atoms with Crippen LogP contribution in [0, 0.1) is 18.8 Å². The van der Waals surface area contributed by atoms with Crippen LogP contribution in [0.2, 0.25) is 0 Å². The summed E-state index contributed by atoms with van der Waals surface area (Å²) in [6.45, 7) is 4.11. The topological polar surface area (TPSA) is 23.5 Å². The molecule has 0 aliphatic carbocycles. The van der Waals surface area contributed by atoms with Gasteiger partial charge in [-0.05, 0) is 36.5 Å². The molecule has 21 heavy (non-hydrogen) atoms. The SMILES string of the molecule is Cc1ccccc1CN(C)Cc1sccc1C#CCCO. The lowest BCUT2D eigenvalue weighted by atomic mass is 10.1. The Bertz CT molecular complexity index is 636. The van der Waals surface area contributed by atoms with Crippen molar-refractivity contribution >= 4 is 11.3 Å². The maximum Gasteiger partial charge on any atom is 0.0540 e. The Hall–Kier alpha value is -1.60. The Morgan fingerprint density at radius 1 is 1.19 bits per heavy atom. The number of aliphatic hydroxyl groups excluding tert-OH is 1. The predicted molar refractivity (Wildman–Crippen MR) is 89.2 cm³/mol. The molecule has 2 nitrogen and oxygen atoms in total.